The zero-order valence-corrected chi connectivity index (χ0v) is 11.3. The first-order chi connectivity index (χ1) is 9.08. The average molecular weight is 263 g/mol. The number of methoxy groups -OCH3 is 1. The van der Waals surface area contributed by atoms with Gasteiger partial charge >= 0.3 is 0 Å². The Morgan fingerprint density at radius 2 is 2.05 bits per heavy atom. The van der Waals surface area contributed by atoms with Crippen molar-refractivity contribution in [2.45, 2.75) is 19.4 Å². The van der Waals surface area contributed by atoms with Crippen LogP contribution in [-0.2, 0) is 11.3 Å². The van der Waals surface area contributed by atoms with Crippen LogP contribution in [0.15, 0.2) is 18.2 Å². The molecule has 1 aliphatic rings. The highest BCUT2D eigenvalue weighted by molar-refractivity contribution is 5.76. The minimum absolute atomic E-state index is 0.0339. The van der Waals surface area contributed by atoms with Crippen molar-refractivity contribution in [3.63, 3.8) is 0 Å². The van der Waals surface area contributed by atoms with Crippen molar-refractivity contribution >= 4 is 11.6 Å². The summed E-state index contributed by atoms with van der Waals surface area (Å²) in [6, 6.07) is 5.77. The zero-order valence-electron chi connectivity index (χ0n) is 11.3. The van der Waals surface area contributed by atoms with E-state index in [1.165, 1.54) is 0 Å². The number of piperidine rings is 1. The lowest BCUT2D eigenvalue weighted by Crippen LogP contribution is -2.38. The fourth-order valence-corrected chi connectivity index (χ4v) is 2.53. The van der Waals surface area contributed by atoms with Gasteiger partial charge in [-0.1, -0.05) is 0 Å². The first-order valence-corrected chi connectivity index (χ1v) is 6.53. The number of amides is 1. The number of ether oxygens (including phenoxy) is 1. The Labute approximate surface area is 113 Å². The molecule has 19 heavy (non-hydrogen) atoms. The molecule has 0 bridgehead atoms. The maximum absolute atomic E-state index is 11.1. The van der Waals surface area contributed by atoms with E-state index in [0.29, 0.717) is 5.69 Å². The maximum Gasteiger partial charge on any atom is 0.220 e. The number of hydrogen-bond acceptors (Lipinski definition) is 4. The lowest BCUT2D eigenvalue weighted by Gasteiger charge is -2.30. The highest BCUT2D eigenvalue weighted by Crippen LogP contribution is 2.22. The summed E-state index contributed by atoms with van der Waals surface area (Å²) in [5.41, 5.74) is 13.0. The Morgan fingerprint density at radius 3 is 2.63 bits per heavy atom. The number of anilines is 1. The molecule has 1 saturated heterocycles. The number of rotatable bonds is 4. The summed E-state index contributed by atoms with van der Waals surface area (Å²) in [5, 5.41) is 0. The SMILES string of the molecule is COc1cc(N)cc(CN2CCC(C(N)=O)CC2)c1. The van der Waals surface area contributed by atoms with Gasteiger partial charge in [-0.3, -0.25) is 9.69 Å². The van der Waals surface area contributed by atoms with Crippen LogP contribution in [0.3, 0.4) is 0 Å². The summed E-state index contributed by atoms with van der Waals surface area (Å²) in [6.07, 6.45) is 1.68. The van der Waals surface area contributed by atoms with Gasteiger partial charge in [-0.25, -0.2) is 0 Å². The predicted octanol–water partition coefficient (Wildman–Crippen LogP) is 0.975. The van der Waals surface area contributed by atoms with E-state index >= 15 is 0 Å². The molecule has 1 fully saturated rings. The zero-order chi connectivity index (χ0) is 13.8. The summed E-state index contributed by atoms with van der Waals surface area (Å²) in [7, 11) is 1.64. The van der Waals surface area contributed by atoms with Crippen molar-refractivity contribution < 1.29 is 9.53 Å². The molecule has 0 spiro atoms. The quantitative estimate of drug-likeness (QED) is 0.793. The average Bonchev–Trinajstić information content (AvgIpc) is 2.38. The Balaban J connectivity index is 1.95. The van der Waals surface area contributed by atoms with Crippen LogP contribution in [0.5, 0.6) is 5.75 Å². The highest BCUT2D eigenvalue weighted by atomic mass is 16.5. The van der Waals surface area contributed by atoms with Crippen molar-refractivity contribution in [1.82, 2.24) is 4.90 Å². The number of likely N-dealkylation sites (tertiary alicyclic amines) is 1. The number of benzene rings is 1. The summed E-state index contributed by atoms with van der Waals surface area (Å²) < 4.78 is 5.21. The van der Waals surface area contributed by atoms with Gasteiger partial charge in [0, 0.05) is 24.2 Å². The molecular weight excluding hydrogens is 242 g/mol. The van der Waals surface area contributed by atoms with E-state index in [1.54, 1.807) is 7.11 Å². The van der Waals surface area contributed by atoms with Gasteiger partial charge < -0.3 is 16.2 Å². The Bertz CT molecular complexity index is 454. The van der Waals surface area contributed by atoms with Crippen LogP contribution in [0.1, 0.15) is 18.4 Å². The predicted molar refractivity (Wildman–Crippen MR) is 74.6 cm³/mol. The molecule has 0 atom stereocenters. The third-order valence-electron chi connectivity index (χ3n) is 3.62. The van der Waals surface area contributed by atoms with E-state index in [-0.39, 0.29) is 11.8 Å². The molecule has 1 aromatic carbocycles. The van der Waals surface area contributed by atoms with E-state index in [0.717, 1.165) is 43.8 Å². The van der Waals surface area contributed by atoms with Gasteiger partial charge in [-0.05, 0) is 43.6 Å². The van der Waals surface area contributed by atoms with Crippen molar-refractivity contribution in [2.75, 3.05) is 25.9 Å². The molecular formula is C14H21N3O2. The Kier molecular flexibility index (Phi) is 4.27. The molecule has 0 unspecified atom stereocenters. The normalized spacial score (nSPS) is 17.3. The van der Waals surface area contributed by atoms with Gasteiger partial charge in [0.2, 0.25) is 5.91 Å². The standard InChI is InChI=1S/C14H21N3O2/c1-19-13-7-10(6-12(15)8-13)9-17-4-2-11(3-5-17)14(16)18/h6-8,11H,2-5,9,15H2,1H3,(H2,16,18). The summed E-state index contributed by atoms with van der Waals surface area (Å²) in [5.74, 6) is 0.638. The van der Waals surface area contributed by atoms with Gasteiger partial charge in [0.15, 0.2) is 0 Å². The van der Waals surface area contributed by atoms with Gasteiger partial charge in [-0.15, -0.1) is 0 Å². The molecule has 0 aliphatic carbocycles. The monoisotopic (exact) mass is 263 g/mol. The number of nitrogen functional groups attached to an aromatic ring is 1. The van der Waals surface area contributed by atoms with E-state index < -0.39 is 0 Å². The van der Waals surface area contributed by atoms with Crippen molar-refractivity contribution in [3.05, 3.63) is 23.8 Å². The van der Waals surface area contributed by atoms with Crippen LogP contribution in [-0.4, -0.2) is 31.0 Å². The van der Waals surface area contributed by atoms with E-state index in [9.17, 15) is 4.79 Å². The molecule has 0 aromatic heterocycles. The second-order valence-electron chi connectivity index (χ2n) is 5.07. The molecule has 0 radical (unpaired) electrons. The van der Waals surface area contributed by atoms with Crippen LogP contribution < -0.4 is 16.2 Å². The number of primary amides is 1. The molecule has 2 rings (SSSR count). The topological polar surface area (TPSA) is 81.6 Å². The molecule has 5 nitrogen and oxygen atoms in total. The molecule has 1 aromatic rings. The van der Waals surface area contributed by atoms with Crippen molar-refractivity contribution in [3.8, 4) is 5.75 Å². The fraction of sp³-hybridized carbons (Fsp3) is 0.500. The first-order valence-electron chi connectivity index (χ1n) is 6.53. The number of hydrogen-bond donors (Lipinski definition) is 2. The lowest BCUT2D eigenvalue weighted by molar-refractivity contribution is -0.123. The molecule has 0 saturated carbocycles. The van der Waals surface area contributed by atoms with Gasteiger partial charge in [0.05, 0.1) is 7.11 Å². The van der Waals surface area contributed by atoms with Gasteiger partial charge in [0.1, 0.15) is 5.75 Å². The summed E-state index contributed by atoms with van der Waals surface area (Å²) in [4.78, 5) is 13.4. The third-order valence-corrected chi connectivity index (χ3v) is 3.62. The second kappa shape index (κ2) is 5.93. The highest BCUT2D eigenvalue weighted by Gasteiger charge is 2.23. The van der Waals surface area contributed by atoms with Gasteiger partial charge in [-0.2, -0.15) is 0 Å². The maximum atomic E-state index is 11.1. The van der Waals surface area contributed by atoms with Gasteiger partial charge in [0.25, 0.3) is 0 Å². The minimum Gasteiger partial charge on any atom is -0.497 e. The van der Waals surface area contributed by atoms with Crippen LogP contribution >= 0.6 is 0 Å². The third kappa shape index (κ3) is 3.61. The fourth-order valence-electron chi connectivity index (χ4n) is 2.53. The molecule has 104 valence electrons. The molecule has 1 amide bonds. The van der Waals surface area contributed by atoms with Crippen molar-refractivity contribution in [2.24, 2.45) is 11.7 Å². The molecule has 1 aliphatic heterocycles. The van der Waals surface area contributed by atoms with E-state index in [1.807, 2.05) is 18.2 Å². The van der Waals surface area contributed by atoms with Crippen LogP contribution in [0, 0.1) is 5.92 Å². The second-order valence-corrected chi connectivity index (χ2v) is 5.07. The Hall–Kier alpha value is -1.75. The van der Waals surface area contributed by atoms with E-state index in [2.05, 4.69) is 4.90 Å². The lowest BCUT2D eigenvalue weighted by atomic mass is 9.96. The Morgan fingerprint density at radius 1 is 1.37 bits per heavy atom. The minimum atomic E-state index is -0.176. The number of nitrogens with zero attached hydrogens (tertiary/aromatic N) is 1. The molecule has 1 heterocycles. The largest absolute Gasteiger partial charge is 0.497 e. The van der Waals surface area contributed by atoms with E-state index in [4.69, 9.17) is 16.2 Å². The van der Waals surface area contributed by atoms with Crippen molar-refractivity contribution in [1.29, 1.82) is 0 Å². The smallest absolute Gasteiger partial charge is 0.220 e. The number of nitrogens with two attached hydrogens (primary N) is 2. The van der Waals surface area contributed by atoms with Crippen LogP contribution in [0.4, 0.5) is 5.69 Å². The summed E-state index contributed by atoms with van der Waals surface area (Å²) in [6.45, 7) is 2.61. The van der Waals surface area contributed by atoms with Crippen LogP contribution in [0.25, 0.3) is 0 Å². The molecule has 5 heteroatoms. The summed E-state index contributed by atoms with van der Waals surface area (Å²) >= 11 is 0. The number of carbonyl (C=O) groups is 1. The number of carbonyl (C=O) groups excluding carboxylic acids is 1. The van der Waals surface area contributed by atoms with Crippen LogP contribution in [0.2, 0.25) is 0 Å². The first kappa shape index (κ1) is 13.7. The molecule has 4 N–H and O–H groups in total.